The minimum absolute atomic E-state index is 0.0795. The van der Waals surface area contributed by atoms with E-state index in [4.69, 9.17) is 0 Å². The van der Waals surface area contributed by atoms with Gasteiger partial charge in [-0.1, -0.05) is 26.8 Å². The van der Waals surface area contributed by atoms with Gasteiger partial charge in [-0.2, -0.15) is 0 Å². The zero-order valence-electron chi connectivity index (χ0n) is 11.4. The number of hydrogen-bond acceptors (Lipinski definition) is 2. The fraction of sp³-hybridized carbons (Fsp3) is 0.600. The smallest absolute Gasteiger partial charge is 0.128 e. The number of benzene rings is 1. The molecule has 0 heterocycles. The van der Waals surface area contributed by atoms with E-state index in [9.17, 15) is 4.39 Å². The van der Waals surface area contributed by atoms with Gasteiger partial charge in [0.1, 0.15) is 5.82 Å². The van der Waals surface area contributed by atoms with Crippen LogP contribution in [-0.2, 0) is 6.54 Å². The molecule has 0 aromatic heterocycles. The van der Waals surface area contributed by atoms with Crippen molar-refractivity contribution in [3.8, 4) is 0 Å². The van der Waals surface area contributed by atoms with Crippen molar-refractivity contribution in [3.63, 3.8) is 0 Å². The monoisotopic (exact) mass is 267 g/mol. The molecule has 2 rings (SSSR count). The van der Waals surface area contributed by atoms with Crippen LogP contribution in [-0.4, -0.2) is 11.3 Å². The Morgan fingerprint density at radius 2 is 2.06 bits per heavy atom. The standard InChI is InChI=1S/C15H22FNS/c1-10(2)11(3)18-15-6-4-5-14(16)13(15)9-17-12-7-8-12/h4-6,10-12,17H,7-9H2,1-3H3. The van der Waals surface area contributed by atoms with E-state index in [0.717, 1.165) is 10.5 Å². The zero-order valence-corrected chi connectivity index (χ0v) is 12.2. The van der Waals surface area contributed by atoms with Gasteiger partial charge >= 0.3 is 0 Å². The van der Waals surface area contributed by atoms with Crippen molar-refractivity contribution in [2.45, 2.75) is 56.3 Å². The lowest BCUT2D eigenvalue weighted by atomic mass is 10.1. The van der Waals surface area contributed by atoms with Gasteiger partial charge in [-0.05, 0) is 30.9 Å². The molecule has 1 aliphatic carbocycles. The van der Waals surface area contributed by atoms with E-state index in [1.165, 1.54) is 12.8 Å². The second-order valence-corrected chi connectivity index (χ2v) is 6.86. The molecule has 0 radical (unpaired) electrons. The van der Waals surface area contributed by atoms with E-state index in [1.807, 2.05) is 12.1 Å². The normalized spacial score (nSPS) is 17.2. The molecule has 0 bridgehead atoms. The Labute approximate surface area is 114 Å². The van der Waals surface area contributed by atoms with Crippen LogP contribution >= 0.6 is 11.8 Å². The SMILES string of the molecule is CC(C)C(C)Sc1cccc(F)c1CNC1CC1. The van der Waals surface area contributed by atoms with Gasteiger partial charge < -0.3 is 5.32 Å². The van der Waals surface area contributed by atoms with E-state index in [0.29, 0.717) is 23.8 Å². The van der Waals surface area contributed by atoms with E-state index in [-0.39, 0.29) is 5.82 Å². The summed E-state index contributed by atoms with van der Waals surface area (Å²) in [6, 6.07) is 6.03. The molecule has 0 amide bonds. The summed E-state index contributed by atoms with van der Waals surface area (Å²) < 4.78 is 13.9. The second-order valence-electron chi connectivity index (χ2n) is 5.44. The summed E-state index contributed by atoms with van der Waals surface area (Å²) >= 11 is 1.78. The third-order valence-corrected chi connectivity index (χ3v) is 5.02. The number of nitrogens with one attached hydrogen (secondary N) is 1. The van der Waals surface area contributed by atoms with Gasteiger partial charge in [0.05, 0.1) is 0 Å². The number of halogens is 1. The molecular formula is C15H22FNS. The number of thioether (sulfide) groups is 1. The first kappa shape index (κ1) is 13.9. The summed E-state index contributed by atoms with van der Waals surface area (Å²) in [5.41, 5.74) is 0.835. The molecule has 18 heavy (non-hydrogen) atoms. The lowest BCUT2D eigenvalue weighted by Crippen LogP contribution is -2.17. The largest absolute Gasteiger partial charge is 0.310 e. The van der Waals surface area contributed by atoms with Gasteiger partial charge in [0.15, 0.2) is 0 Å². The van der Waals surface area contributed by atoms with Crippen molar-refractivity contribution in [1.82, 2.24) is 5.32 Å². The highest BCUT2D eigenvalue weighted by molar-refractivity contribution is 8.00. The highest BCUT2D eigenvalue weighted by Gasteiger charge is 2.22. The lowest BCUT2D eigenvalue weighted by Gasteiger charge is -2.18. The number of rotatable bonds is 6. The van der Waals surface area contributed by atoms with Gasteiger partial charge in [-0.15, -0.1) is 11.8 Å². The van der Waals surface area contributed by atoms with Gasteiger partial charge in [-0.3, -0.25) is 0 Å². The first-order chi connectivity index (χ1) is 8.58. The summed E-state index contributed by atoms with van der Waals surface area (Å²) in [6.07, 6.45) is 2.47. The van der Waals surface area contributed by atoms with Crippen LogP contribution in [0.1, 0.15) is 39.2 Å². The van der Waals surface area contributed by atoms with Crippen molar-refractivity contribution < 1.29 is 4.39 Å². The van der Waals surface area contributed by atoms with Gasteiger partial charge in [0, 0.05) is 28.3 Å². The van der Waals surface area contributed by atoms with Crippen molar-refractivity contribution in [2.75, 3.05) is 0 Å². The molecule has 1 saturated carbocycles. The summed E-state index contributed by atoms with van der Waals surface area (Å²) in [5.74, 6) is 0.520. The van der Waals surface area contributed by atoms with Crippen molar-refractivity contribution in [2.24, 2.45) is 5.92 Å². The minimum atomic E-state index is -0.0795. The molecule has 0 aliphatic heterocycles. The average Bonchev–Trinajstić information content (AvgIpc) is 3.12. The van der Waals surface area contributed by atoms with Crippen LogP contribution in [0.2, 0.25) is 0 Å². The molecule has 1 fully saturated rings. The number of hydrogen-bond donors (Lipinski definition) is 1. The minimum Gasteiger partial charge on any atom is -0.310 e. The molecule has 0 saturated heterocycles. The Morgan fingerprint density at radius 3 is 2.67 bits per heavy atom. The van der Waals surface area contributed by atoms with Crippen LogP contribution in [0.25, 0.3) is 0 Å². The Bertz CT molecular complexity index is 401. The Morgan fingerprint density at radius 1 is 1.33 bits per heavy atom. The molecule has 3 heteroatoms. The molecule has 1 N–H and O–H groups in total. The van der Waals surface area contributed by atoms with E-state index < -0.39 is 0 Å². The molecule has 1 unspecified atom stereocenters. The molecule has 100 valence electrons. The molecule has 1 atom stereocenters. The van der Waals surface area contributed by atoms with E-state index in [1.54, 1.807) is 17.8 Å². The summed E-state index contributed by atoms with van der Waals surface area (Å²) in [5, 5.41) is 3.91. The van der Waals surface area contributed by atoms with Crippen LogP contribution < -0.4 is 5.32 Å². The van der Waals surface area contributed by atoms with Crippen LogP contribution in [0, 0.1) is 11.7 Å². The Hall–Kier alpha value is -0.540. The summed E-state index contributed by atoms with van der Waals surface area (Å²) in [4.78, 5) is 1.09. The van der Waals surface area contributed by atoms with E-state index >= 15 is 0 Å². The van der Waals surface area contributed by atoms with Crippen molar-refractivity contribution in [3.05, 3.63) is 29.6 Å². The highest BCUT2D eigenvalue weighted by atomic mass is 32.2. The quantitative estimate of drug-likeness (QED) is 0.775. The maximum Gasteiger partial charge on any atom is 0.128 e. The lowest BCUT2D eigenvalue weighted by molar-refractivity contribution is 0.578. The molecule has 1 aliphatic rings. The van der Waals surface area contributed by atoms with Gasteiger partial charge in [0.2, 0.25) is 0 Å². The average molecular weight is 267 g/mol. The van der Waals surface area contributed by atoms with Gasteiger partial charge in [-0.25, -0.2) is 4.39 Å². The fourth-order valence-corrected chi connectivity index (χ4v) is 2.83. The third kappa shape index (κ3) is 3.72. The van der Waals surface area contributed by atoms with Crippen molar-refractivity contribution >= 4 is 11.8 Å². The summed E-state index contributed by atoms with van der Waals surface area (Å²) in [6.45, 7) is 7.28. The van der Waals surface area contributed by atoms with Gasteiger partial charge in [0.25, 0.3) is 0 Å². The molecule has 1 aromatic carbocycles. The zero-order chi connectivity index (χ0) is 13.1. The molecular weight excluding hydrogens is 245 g/mol. The molecule has 1 aromatic rings. The highest BCUT2D eigenvalue weighted by Crippen LogP contribution is 2.32. The maximum atomic E-state index is 13.9. The fourth-order valence-electron chi connectivity index (χ4n) is 1.69. The predicted molar refractivity (Wildman–Crippen MR) is 76.4 cm³/mol. The molecule has 0 spiro atoms. The van der Waals surface area contributed by atoms with Crippen LogP contribution in [0.4, 0.5) is 4.39 Å². The van der Waals surface area contributed by atoms with Crippen LogP contribution in [0.3, 0.4) is 0 Å². The topological polar surface area (TPSA) is 12.0 Å². The first-order valence-electron chi connectivity index (χ1n) is 6.75. The maximum absolute atomic E-state index is 13.9. The Kier molecular flexibility index (Phi) is 4.68. The molecule has 1 nitrogen and oxygen atoms in total. The Balaban J connectivity index is 2.08. The van der Waals surface area contributed by atoms with Crippen LogP contribution in [0.5, 0.6) is 0 Å². The predicted octanol–water partition coefficient (Wildman–Crippen LogP) is 4.21. The first-order valence-corrected chi connectivity index (χ1v) is 7.63. The van der Waals surface area contributed by atoms with Crippen LogP contribution in [0.15, 0.2) is 23.1 Å². The van der Waals surface area contributed by atoms with E-state index in [2.05, 4.69) is 26.1 Å². The third-order valence-electron chi connectivity index (χ3n) is 3.47. The summed E-state index contributed by atoms with van der Waals surface area (Å²) in [7, 11) is 0. The van der Waals surface area contributed by atoms with Crippen molar-refractivity contribution in [1.29, 1.82) is 0 Å². The second kappa shape index (κ2) is 6.07.